The molecule has 3 rings (SSSR count). The van der Waals surface area contributed by atoms with Gasteiger partial charge in [-0.25, -0.2) is 17.6 Å². The number of esters is 1. The molecule has 0 bridgehead atoms. The fraction of sp³-hybridized carbons (Fsp3) is 0.150. The molecule has 2 aromatic carbocycles. The minimum absolute atomic E-state index is 0.101. The van der Waals surface area contributed by atoms with Crippen LogP contribution in [0.1, 0.15) is 22.2 Å². The van der Waals surface area contributed by atoms with Crippen molar-refractivity contribution in [3.63, 3.8) is 0 Å². The highest BCUT2D eigenvalue weighted by Gasteiger charge is 2.27. The molecule has 0 aliphatic heterocycles. The van der Waals surface area contributed by atoms with Crippen molar-refractivity contribution in [1.29, 1.82) is 0 Å². The van der Waals surface area contributed by atoms with E-state index in [-0.39, 0.29) is 22.1 Å². The number of sulfonamides is 1. The number of aryl methyl sites for hydroxylation is 1. The molecule has 0 fully saturated rings. The Morgan fingerprint density at radius 2 is 1.75 bits per heavy atom. The van der Waals surface area contributed by atoms with Crippen LogP contribution < -0.4 is 4.72 Å². The van der Waals surface area contributed by atoms with Gasteiger partial charge in [-0.1, -0.05) is 30.3 Å². The van der Waals surface area contributed by atoms with Gasteiger partial charge >= 0.3 is 5.97 Å². The maximum Gasteiger partial charge on any atom is 0.341 e. The minimum atomic E-state index is -4.00. The molecule has 0 saturated heterocycles. The van der Waals surface area contributed by atoms with Gasteiger partial charge in [-0.2, -0.15) is 0 Å². The van der Waals surface area contributed by atoms with Crippen molar-refractivity contribution in [1.82, 2.24) is 0 Å². The molecule has 146 valence electrons. The zero-order valence-corrected chi connectivity index (χ0v) is 16.9. The van der Waals surface area contributed by atoms with Crippen molar-refractivity contribution in [2.24, 2.45) is 0 Å². The molecule has 1 N–H and O–H groups in total. The normalized spacial score (nSPS) is 11.2. The molecule has 0 atom stereocenters. The molecule has 0 amide bonds. The zero-order chi connectivity index (χ0) is 20.3. The molecule has 1 aromatic heterocycles. The number of rotatable bonds is 6. The monoisotopic (exact) mass is 419 g/mol. The van der Waals surface area contributed by atoms with E-state index < -0.39 is 21.8 Å². The number of hydrogen-bond acceptors (Lipinski definition) is 5. The molecule has 0 aliphatic rings. The summed E-state index contributed by atoms with van der Waals surface area (Å²) in [5.41, 5.74) is 1.58. The lowest BCUT2D eigenvalue weighted by atomic mass is 10.0. The predicted molar refractivity (Wildman–Crippen MR) is 108 cm³/mol. The fourth-order valence-electron chi connectivity index (χ4n) is 2.76. The molecule has 1 heterocycles. The highest BCUT2D eigenvalue weighted by Crippen LogP contribution is 2.41. The minimum Gasteiger partial charge on any atom is -0.462 e. The van der Waals surface area contributed by atoms with Gasteiger partial charge in [0.25, 0.3) is 10.0 Å². The SMILES string of the molecule is CCOC(=O)c1c(NS(=O)(=O)c2ccc(F)cc2)sc(C)c1-c1ccccc1. The Morgan fingerprint density at radius 3 is 2.36 bits per heavy atom. The van der Waals surface area contributed by atoms with Crippen LogP contribution in [0.4, 0.5) is 9.39 Å². The number of carbonyl (C=O) groups is 1. The van der Waals surface area contributed by atoms with Gasteiger partial charge < -0.3 is 4.74 Å². The molecule has 28 heavy (non-hydrogen) atoms. The number of benzene rings is 2. The van der Waals surface area contributed by atoms with Crippen LogP contribution in [0.2, 0.25) is 0 Å². The molecule has 5 nitrogen and oxygen atoms in total. The quantitative estimate of drug-likeness (QED) is 0.580. The molecule has 0 aliphatic carbocycles. The Labute approximate surface area is 166 Å². The number of thiophene rings is 1. The highest BCUT2D eigenvalue weighted by molar-refractivity contribution is 7.93. The second kappa shape index (κ2) is 8.12. The Morgan fingerprint density at radius 1 is 1.11 bits per heavy atom. The summed E-state index contributed by atoms with van der Waals surface area (Å²) in [6.45, 7) is 3.65. The van der Waals surface area contributed by atoms with Crippen molar-refractivity contribution in [2.45, 2.75) is 18.7 Å². The largest absolute Gasteiger partial charge is 0.462 e. The third kappa shape index (κ3) is 4.07. The van der Waals surface area contributed by atoms with E-state index in [9.17, 15) is 17.6 Å². The van der Waals surface area contributed by atoms with E-state index in [1.807, 2.05) is 37.3 Å². The predicted octanol–water partition coefficient (Wildman–Crippen LogP) is 4.84. The lowest BCUT2D eigenvalue weighted by Gasteiger charge is -2.10. The first-order chi connectivity index (χ1) is 13.3. The smallest absolute Gasteiger partial charge is 0.341 e. The van der Waals surface area contributed by atoms with Crippen LogP contribution in [-0.2, 0) is 14.8 Å². The summed E-state index contributed by atoms with van der Waals surface area (Å²) < 4.78 is 46.2. The highest BCUT2D eigenvalue weighted by atomic mass is 32.2. The van der Waals surface area contributed by atoms with E-state index in [0.29, 0.717) is 5.56 Å². The van der Waals surface area contributed by atoms with Crippen LogP contribution in [0.15, 0.2) is 59.5 Å². The summed E-state index contributed by atoms with van der Waals surface area (Å²) in [7, 11) is -4.00. The van der Waals surface area contributed by atoms with Gasteiger partial charge in [0.05, 0.1) is 11.5 Å². The fourth-order valence-corrected chi connectivity index (χ4v) is 5.13. The summed E-state index contributed by atoms with van der Waals surface area (Å²) in [6, 6.07) is 13.7. The molecular formula is C20H18FNO4S2. The number of halogens is 1. The first-order valence-electron chi connectivity index (χ1n) is 8.47. The molecule has 0 saturated carbocycles. The molecule has 0 radical (unpaired) electrons. The number of anilines is 1. The van der Waals surface area contributed by atoms with E-state index in [1.54, 1.807) is 6.92 Å². The average molecular weight is 419 g/mol. The van der Waals surface area contributed by atoms with Crippen molar-refractivity contribution >= 4 is 32.3 Å². The molecular weight excluding hydrogens is 401 g/mol. The standard InChI is InChI=1S/C20H18FNO4S2/c1-3-26-20(23)18-17(14-7-5-4-6-8-14)13(2)27-19(18)22-28(24,25)16-11-9-15(21)10-12-16/h4-12,22H,3H2,1-2H3. The van der Waals surface area contributed by atoms with Crippen LogP contribution in [0.3, 0.4) is 0 Å². The molecule has 0 spiro atoms. The lowest BCUT2D eigenvalue weighted by molar-refractivity contribution is 0.0529. The van der Waals surface area contributed by atoms with E-state index in [1.165, 1.54) is 12.1 Å². The maximum absolute atomic E-state index is 13.1. The van der Waals surface area contributed by atoms with Crippen molar-refractivity contribution in [2.75, 3.05) is 11.3 Å². The first-order valence-corrected chi connectivity index (χ1v) is 10.8. The summed E-state index contributed by atoms with van der Waals surface area (Å²) in [5, 5.41) is 0.166. The van der Waals surface area contributed by atoms with Gasteiger partial charge in [0.2, 0.25) is 0 Å². The van der Waals surface area contributed by atoms with Gasteiger partial charge in [0, 0.05) is 10.4 Å². The second-order valence-corrected chi connectivity index (χ2v) is 8.79. The van der Waals surface area contributed by atoms with E-state index >= 15 is 0 Å². The molecule has 8 heteroatoms. The number of ether oxygens (including phenoxy) is 1. The number of nitrogens with one attached hydrogen (secondary N) is 1. The van der Waals surface area contributed by atoms with Crippen molar-refractivity contribution in [3.8, 4) is 11.1 Å². The van der Waals surface area contributed by atoms with Crippen LogP contribution >= 0.6 is 11.3 Å². The Kier molecular flexibility index (Phi) is 5.81. The van der Waals surface area contributed by atoms with Gasteiger partial charge in [-0.05, 0) is 43.7 Å². The lowest BCUT2D eigenvalue weighted by Crippen LogP contribution is -2.15. The summed E-state index contributed by atoms with van der Waals surface area (Å²) in [4.78, 5) is 13.3. The topological polar surface area (TPSA) is 72.5 Å². The summed E-state index contributed by atoms with van der Waals surface area (Å²) in [6.07, 6.45) is 0. The van der Waals surface area contributed by atoms with Crippen LogP contribution in [-0.4, -0.2) is 21.0 Å². The summed E-state index contributed by atoms with van der Waals surface area (Å²) in [5.74, 6) is -1.15. The Bertz CT molecular complexity index is 1090. The van der Waals surface area contributed by atoms with Gasteiger partial charge in [-0.15, -0.1) is 11.3 Å². The van der Waals surface area contributed by atoms with E-state index in [4.69, 9.17) is 4.74 Å². The first kappa shape index (κ1) is 20.0. The van der Waals surface area contributed by atoms with Crippen LogP contribution in [0.25, 0.3) is 11.1 Å². The van der Waals surface area contributed by atoms with Crippen LogP contribution in [0.5, 0.6) is 0 Å². The number of carbonyl (C=O) groups excluding carboxylic acids is 1. The summed E-state index contributed by atoms with van der Waals surface area (Å²) >= 11 is 1.15. The van der Waals surface area contributed by atoms with Gasteiger partial charge in [0.15, 0.2) is 0 Å². The Balaban J connectivity index is 2.10. The zero-order valence-electron chi connectivity index (χ0n) is 15.2. The Hall–Kier alpha value is -2.71. The van der Waals surface area contributed by atoms with Gasteiger partial charge in [0.1, 0.15) is 16.4 Å². The van der Waals surface area contributed by atoms with E-state index in [2.05, 4.69) is 4.72 Å². The van der Waals surface area contributed by atoms with Crippen molar-refractivity contribution in [3.05, 3.63) is 70.9 Å². The second-order valence-electron chi connectivity index (χ2n) is 5.88. The van der Waals surface area contributed by atoms with Crippen LogP contribution in [0, 0.1) is 12.7 Å². The molecule has 3 aromatic rings. The maximum atomic E-state index is 13.1. The van der Waals surface area contributed by atoms with E-state index in [0.717, 1.165) is 33.9 Å². The third-order valence-corrected chi connectivity index (χ3v) is 6.49. The van der Waals surface area contributed by atoms with Gasteiger partial charge in [-0.3, -0.25) is 4.72 Å². The van der Waals surface area contributed by atoms with Crippen molar-refractivity contribution < 1.29 is 22.3 Å². The molecule has 0 unspecified atom stereocenters. The average Bonchev–Trinajstić information content (AvgIpc) is 2.98. The third-order valence-electron chi connectivity index (χ3n) is 3.98. The number of hydrogen-bond donors (Lipinski definition) is 1.